The standard InChI is InChI=1S/C26H30N4O5/c1-27-24(33)28-21-11-10-20-19(23(21)32)12-13-26(20)16-29(25(34)35-26)15-22(31)30(18-8-5-9-18)14-17-6-3-2-4-7-17/h2-4,6-7,10-11,18-19H,5,8-9,12-16H2,1H3,(H2,27,28,33)/t19?,26-/m0/s1. The van der Waals surface area contributed by atoms with Crippen molar-refractivity contribution < 1.29 is 23.9 Å². The van der Waals surface area contributed by atoms with E-state index in [0.29, 0.717) is 19.4 Å². The first-order chi connectivity index (χ1) is 16.9. The fourth-order valence-electron chi connectivity index (χ4n) is 5.46. The van der Waals surface area contributed by atoms with Gasteiger partial charge in [-0.1, -0.05) is 36.4 Å². The Morgan fingerprint density at radius 2 is 1.91 bits per heavy atom. The number of fused-ring (bicyclic) bond motifs is 2. The van der Waals surface area contributed by atoms with Crippen molar-refractivity contribution >= 4 is 23.8 Å². The molecule has 2 atom stereocenters. The van der Waals surface area contributed by atoms with Gasteiger partial charge in [-0.3, -0.25) is 14.5 Å². The third kappa shape index (κ3) is 4.31. The summed E-state index contributed by atoms with van der Waals surface area (Å²) in [6.45, 7) is 0.713. The Morgan fingerprint density at radius 3 is 2.60 bits per heavy atom. The van der Waals surface area contributed by atoms with Crippen molar-refractivity contribution in [2.75, 3.05) is 20.1 Å². The molecule has 1 saturated heterocycles. The number of ether oxygens (including phenoxy) is 1. The maximum absolute atomic E-state index is 13.3. The van der Waals surface area contributed by atoms with E-state index in [1.807, 2.05) is 35.2 Å². The summed E-state index contributed by atoms with van der Waals surface area (Å²) in [5.41, 5.74) is 1.12. The molecule has 9 nitrogen and oxygen atoms in total. The first-order valence-electron chi connectivity index (χ1n) is 12.2. The predicted octanol–water partition coefficient (Wildman–Crippen LogP) is 2.49. The number of nitrogens with zero attached hydrogens (tertiary/aromatic N) is 2. The molecule has 1 aromatic carbocycles. The number of hydrogen-bond donors (Lipinski definition) is 2. The van der Waals surface area contributed by atoms with Crippen LogP contribution in [0.3, 0.4) is 0 Å². The van der Waals surface area contributed by atoms with Crippen molar-refractivity contribution in [3.63, 3.8) is 0 Å². The summed E-state index contributed by atoms with van der Waals surface area (Å²) < 4.78 is 5.84. The van der Waals surface area contributed by atoms with Gasteiger partial charge in [0.25, 0.3) is 0 Å². The van der Waals surface area contributed by atoms with Gasteiger partial charge in [0.2, 0.25) is 5.91 Å². The molecule has 0 bridgehead atoms. The lowest BCUT2D eigenvalue weighted by Gasteiger charge is -2.38. The van der Waals surface area contributed by atoms with Crippen molar-refractivity contribution in [1.82, 2.24) is 20.4 Å². The van der Waals surface area contributed by atoms with E-state index in [1.54, 1.807) is 12.2 Å². The second-order valence-corrected chi connectivity index (χ2v) is 9.67. The average molecular weight is 479 g/mol. The lowest BCUT2D eigenvalue weighted by atomic mass is 9.85. The summed E-state index contributed by atoms with van der Waals surface area (Å²) in [5, 5.41) is 4.99. The van der Waals surface area contributed by atoms with Gasteiger partial charge >= 0.3 is 12.1 Å². The Balaban J connectivity index is 1.30. The van der Waals surface area contributed by atoms with E-state index in [9.17, 15) is 19.2 Å². The summed E-state index contributed by atoms with van der Waals surface area (Å²) in [6.07, 6.45) is 6.89. The Morgan fingerprint density at radius 1 is 1.14 bits per heavy atom. The zero-order chi connectivity index (χ0) is 24.6. The van der Waals surface area contributed by atoms with E-state index in [1.165, 1.54) is 11.9 Å². The number of Topliss-reactive ketones (excluding diaryl/α,β-unsaturated/α-hetero) is 1. The van der Waals surface area contributed by atoms with Crippen LogP contribution in [0.1, 0.15) is 37.7 Å². The van der Waals surface area contributed by atoms with Gasteiger partial charge in [0, 0.05) is 25.6 Å². The second-order valence-electron chi connectivity index (χ2n) is 9.67. The minimum Gasteiger partial charge on any atom is -0.436 e. The summed E-state index contributed by atoms with van der Waals surface area (Å²) in [4.78, 5) is 54.2. The third-order valence-electron chi connectivity index (χ3n) is 7.57. The van der Waals surface area contributed by atoms with E-state index < -0.39 is 23.6 Å². The number of amides is 4. The van der Waals surface area contributed by atoms with Crippen LogP contribution >= 0.6 is 0 Å². The number of ketones is 1. The van der Waals surface area contributed by atoms with Crippen LogP contribution in [0.2, 0.25) is 0 Å². The summed E-state index contributed by atoms with van der Waals surface area (Å²) in [5.74, 6) is -0.722. The zero-order valence-electron chi connectivity index (χ0n) is 19.8. The van der Waals surface area contributed by atoms with Crippen molar-refractivity contribution in [3.05, 3.63) is 59.3 Å². The number of hydrogen-bond acceptors (Lipinski definition) is 5. The van der Waals surface area contributed by atoms with Gasteiger partial charge in [-0.15, -0.1) is 0 Å². The molecule has 3 aliphatic carbocycles. The lowest BCUT2D eigenvalue weighted by Crippen LogP contribution is -2.48. The molecule has 1 spiro atoms. The normalized spacial score (nSPS) is 25.4. The van der Waals surface area contributed by atoms with E-state index in [2.05, 4.69) is 10.6 Å². The van der Waals surface area contributed by atoms with Gasteiger partial charge in [-0.05, 0) is 49.3 Å². The van der Waals surface area contributed by atoms with Gasteiger partial charge in [0.1, 0.15) is 6.54 Å². The van der Waals surface area contributed by atoms with Crippen LogP contribution in [0, 0.1) is 5.92 Å². The van der Waals surface area contributed by atoms with Gasteiger partial charge < -0.3 is 20.3 Å². The van der Waals surface area contributed by atoms with Crippen molar-refractivity contribution in [3.8, 4) is 0 Å². The molecule has 1 aromatic rings. The molecule has 4 amide bonds. The summed E-state index contributed by atoms with van der Waals surface area (Å²) in [7, 11) is 1.48. The molecule has 2 N–H and O–H groups in total. The van der Waals surface area contributed by atoms with Crippen LogP contribution in [0.15, 0.2) is 53.8 Å². The Kier molecular flexibility index (Phi) is 6.08. The summed E-state index contributed by atoms with van der Waals surface area (Å²) >= 11 is 0. The highest BCUT2D eigenvalue weighted by Crippen LogP contribution is 2.48. The fourth-order valence-corrected chi connectivity index (χ4v) is 5.46. The number of benzene rings is 1. The molecular formula is C26H30N4O5. The zero-order valence-corrected chi connectivity index (χ0v) is 19.8. The van der Waals surface area contributed by atoms with Crippen molar-refractivity contribution in [1.29, 1.82) is 0 Å². The highest BCUT2D eigenvalue weighted by molar-refractivity contribution is 6.03. The molecule has 1 heterocycles. The number of nitrogens with one attached hydrogen (secondary N) is 2. The predicted molar refractivity (Wildman–Crippen MR) is 127 cm³/mol. The van der Waals surface area contributed by atoms with Crippen LogP contribution in [0.5, 0.6) is 0 Å². The number of urea groups is 1. The SMILES string of the molecule is CNC(=O)NC1=CC=C2C(CC[C@]23CN(CC(=O)N(Cc2ccccc2)C2CCC2)C(=O)O3)C1=O. The smallest absolute Gasteiger partial charge is 0.411 e. The molecule has 3 fully saturated rings. The second kappa shape index (κ2) is 9.20. The molecule has 2 saturated carbocycles. The largest absolute Gasteiger partial charge is 0.436 e. The maximum atomic E-state index is 13.3. The Labute approximate surface area is 204 Å². The monoisotopic (exact) mass is 478 g/mol. The van der Waals surface area contributed by atoms with Crippen LogP contribution in [-0.2, 0) is 20.9 Å². The molecule has 184 valence electrons. The molecular weight excluding hydrogens is 448 g/mol. The highest BCUT2D eigenvalue weighted by atomic mass is 16.6. The topological polar surface area (TPSA) is 108 Å². The summed E-state index contributed by atoms with van der Waals surface area (Å²) in [6, 6.07) is 9.61. The van der Waals surface area contributed by atoms with Crippen molar-refractivity contribution in [2.24, 2.45) is 5.92 Å². The van der Waals surface area contributed by atoms with Crippen LogP contribution in [-0.4, -0.2) is 65.4 Å². The molecule has 1 aliphatic heterocycles. The Hall–Kier alpha value is -3.62. The van der Waals surface area contributed by atoms with E-state index in [4.69, 9.17) is 4.74 Å². The van der Waals surface area contributed by atoms with Crippen LogP contribution < -0.4 is 10.6 Å². The molecule has 1 unspecified atom stereocenters. The third-order valence-corrected chi connectivity index (χ3v) is 7.57. The van der Waals surface area contributed by atoms with Crippen LogP contribution in [0.25, 0.3) is 0 Å². The number of rotatable bonds is 6. The van der Waals surface area contributed by atoms with Gasteiger partial charge in [-0.2, -0.15) is 0 Å². The van der Waals surface area contributed by atoms with Gasteiger partial charge in [0.05, 0.1) is 12.2 Å². The maximum Gasteiger partial charge on any atom is 0.411 e. The van der Waals surface area contributed by atoms with E-state index in [0.717, 1.165) is 30.4 Å². The molecule has 0 aromatic heterocycles. The lowest BCUT2D eigenvalue weighted by molar-refractivity contribution is -0.136. The molecule has 4 aliphatic rings. The molecule has 5 rings (SSSR count). The van der Waals surface area contributed by atoms with E-state index >= 15 is 0 Å². The Bertz CT molecular complexity index is 1110. The van der Waals surface area contributed by atoms with E-state index in [-0.39, 0.29) is 36.5 Å². The minimum absolute atomic E-state index is 0.0465. The highest BCUT2D eigenvalue weighted by Gasteiger charge is 2.56. The van der Waals surface area contributed by atoms with Crippen LogP contribution in [0.4, 0.5) is 9.59 Å². The molecule has 9 heteroatoms. The fraction of sp³-hybridized carbons (Fsp3) is 0.462. The molecule has 0 radical (unpaired) electrons. The first kappa shape index (κ1) is 23.1. The van der Waals surface area contributed by atoms with Gasteiger partial charge in [0.15, 0.2) is 11.4 Å². The molecule has 35 heavy (non-hydrogen) atoms. The van der Waals surface area contributed by atoms with Gasteiger partial charge in [-0.25, -0.2) is 9.59 Å². The average Bonchev–Trinajstić information content (AvgIpc) is 3.33. The minimum atomic E-state index is -0.909. The first-order valence-corrected chi connectivity index (χ1v) is 12.2. The van der Waals surface area contributed by atoms with Crippen molar-refractivity contribution in [2.45, 2.75) is 50.3 Å². The number of carbonyl (C=O) groups excluding carboxylic acids is 4. The number of allylic oxidation sites excluding steroid dienone is 3. The number of carbonyl (C=O) groups is 4. The quantitative estimate of drug-likeness (QED) is 0.653.